The molecule has 0 aliphatic rings. The molecule has 21 heavy (non-hydrogen) atoms. The summed E-state index contributed by atoms with van der Waals surface area (Å²) in [5, 5.41) is 15.7. The number of benzene rings is 2. The lowest BCUT2D eigenvalue weighted by Crippen LogP contribution is -2.00. The average Bonchev–Trinajstić information content (AvgIpc) is 2.47. The maximum atomic E-state index is 13.6. The molecule has 0 bridgehead atoms. The zero-order chi connectivity index (χ0) is 14.8. The molecule has 0 amide bonds. The first-order valence-corrected chi connectivity index (χ1v) is 6.19. The van der Waals surface area contributed by atoms with Gasteiger partial charge in [0.25, 0.3) is 0 Å². The molecule has 1 N–H and O–H groups in total. The molecule has 5 nitrogen and oxygen atoms in total. The number of nitro benzene ring substituents is 1. The molecular weight excluding hydrogens is 273 g/mol. The van der Waals surface area contributed by atoms with Crippen LogP contribution in [0, 0.1) is 15.9 Å². The lowest BCUT2D eigenvalue weighted by atomic mass is 10.1. The minimum Gasteiger partial charge on any atom is -0.349 e. The summed E-state index contributed by atoms with van der Waals surface area (Å²) < 4.78 is 13.6. The van der Waals surface area contributed by atoms with E-state index < -0.39 is 16.4 Å². The molecule has 3 rings (SSSR count). The van der Waals surface area contributed by atoms with Crippen LogP contribution in [-0.4, -0.2) is 9.91 Å². The van der Waals surface area contributed by atoms with E-state index in [2.05, 4.69) is 10.3 Å². The zero-order valence-electron chi connectivity index (χ0n) is 10.8. The fraction of sp³-hybridized carbons (Fsp3) is 0. The SMILES string of the molecule is O=[N+]([O-])c1c(F)cccc1Nc1cccc2cnccc12. The number of fused-ring (bicyclic) bond motifs is 1. The third-order valence-corrected chi connectivity index (χ3v) is 3.12. The van der Waals surface area contributed by atoms with E-state index in [0.29, 0.717) is 5.69 Å². The molecule has 6 heteroatoms. The second-order valence-corrected chi connectivity index (χ2v) is 4.42. The van der Waals surface area contributed by atoms with Crippen LogP contribution in [0.15, 0.2) is 54.9 Å². The van der Waals surface area contributed by atoms with Gasteiger partial charge in [0.05, 0.1) is 4.92 Å². The second kappa shape index (κ2) is 5.16. The number of anilines is 2. The zero-order valence-corrected chi connectivity index (χ0v) is 10.8. The van der Waals surface area contributed by atoms with Gasteiger partial charge in [0, 0.05) is 28.9 Å². The number of hydrogen-bond donors (Lipinski definition) is 1. The summed E-state index contributed by atoms with van der Waals surface area (Å²) in [4.78, 5) is 14.3. The summed E-state index contributed by atoms with van der Waals surface area (Å²) in [6, 6.07) is 11.2. The van der Waals surface area contributed by atoms with E-state index in [1.807, 2.05) is 6.07 Å². The minimum absolute atomic E-state index is 0.115. The average molecular weight is 283 g/mol. The normalized spacial score (nSPS) is 10.5. The summed E-state index contributed by atoms with van der Waals surface area (Å²) in [7, 11) is 0. The molecule has 0 fully saturated rings. The van der Waals surface area contributed by atoms with Gasteiger partial charge in [-0.05, 0) is 24.3 Å². The number of nitrogens with zero attached hydrogens (tertiary/aromatic N) is 2. The van der Waals surface area contributed by atoms with Gasteiger partial charge in [-0.1, -0.05) is 18.2 Å². The van der Waals surface area contributed by atoms with Gasteiger partial charge in [-0.15, -0.1) is 0 Å². The van der Waals surface area contributed by atoms with Crippen molar-refractivity contribution in [2.24, 2.45) is 0 Å². The van der Waals surface area contributed by atoms with E-state index >= 15 is 0 Å². The van der Waals surface area contributed by atoms with Crippen LogP contribution >= 0.6 is 0 Å². The molecule has 0 radical (unpaired) electrons. The summed E-state index contributed by atoms with van der Waals surface area (Å²) in [6.45, 7) is 0. The van der Waals surface area contributed by atoms with Crippen LogP contribution in [0.1, 0.15) is 0 Å². The van der Waals surface area contributed by atoms with E-state index in [4.69, 9.17) is 0 Å². The van der Waals surface area contributed by atoms with Crippen LogP contribution in [0.25, 0.3) is 10.8 Å². The third kappa shape index (κ3) is 2.38. The van der Waals surface area contributed by atoms with Crippen molar-refractivity contribution in [3.05, 3.63) is 70.8 Å². The number of pyridine rings is 1. The predicted octanol–water partition coefficient (Wildman–Crippen LogP) is 4.03. The number of aromatic nitrogens is 1. The number of nitrogens with one attached hydrogen (secondary N) is 1. The Morgan fingerprint density at radius 3 is 2.67 bits per heavy atom. The summed E-state index contributed by atoms with van der Waals surface area (Å²) in [6.07, 6.45) is 3.33. The number of rotatable bonds is 3. The molecule has 0 saturated carbocycles. The van der Waals surface area contributed by atoms with Crippen molar-refractivity contribution >= 4 is 27.8 Å². The standard InChI is InChI=1S/C15H10FN3O2/c16-12-4-2-6-14(15(12)19(20)21)18-13-5-1-3-10-9-17-8-7-11(10)13/h1-9,18H. The first-order chi connectivity index (χ1) is 10.2. The molecular formula is C15H10FN3O2. The molecule has 104 valence electrons. The van der Waals surface area contributed by atoms with Crippen molar-refractivity contribution in [1.82, 2.24) is 4.98 Å². The quantitative estimate of drug-likeness (QED) is 0.582. The van der Waals surface area contributed by atoms with Gasteiger partial charge in [0.1, 0.15) is 5.69 Å². The molecule has 1 heterocycles. The fourth-order valence-electron chi connectivity index (χ4n) is 2.18. The van der Waals surface area contributed by atoms with Crippen LogP contribution in [0.4, 0.5) is 21.5 Å². The van der Waals surface area contributed by atoms with Crippen molar-refractivity contribution < 1.29 is 9.31 Å². The molecule has 2 aromatic carbocycles. The van der Waals surface area contributed by atoms with E-state index in [0.717, 1.165) is 16.8 Å². The van der Waals surface area contributed by atoms with Crippen LogP contribution in [0.2, 0.25) is 0 Å². The first kappa shape index (κ1) is 13.0. The highest BCUT2D eigenvalue weighted by Crippen LogP contribution is 2.32. The topological polar surface area (TPSA) is 68.1 Å². The fourth-order valence-corrected chi connectivity index (χ4v) is 2.18. The largest absolute Gasteiger partial charge is 0.349 e. The van der Waals surface area contributed by atoms with E-state index in [1.54, 1.807) is 30.6 Å². The van der Waals surface area contributed by atoms with Crippen molar-refractivity contribution in [3.8, 4) is 0 Å². The highest BCUT2D eigenvalue weighted by Gasteiger charge is 2.20. The monoisotopic (exact) mass is 283 g/mol. The van der Waals surface area contributed by atoms with E-state index in [9.17, 15) is 14.5 Å². The summed E-state index contributed by atoms with van der Waals surface area (Å²) in [5.41, 5.74) is 0.205. The molecule has 1 aromatic heterocycles. The van der Waals surface area contributed by atoms with Gasteiger partial charge < -0.3 is 5.32 Å². The molecule has 0 atom stereocenters. The smallest absolute Gasteiger partial charge is 0.327 e. The Bertz CT molecular complexity index is 831. The van der Waals surface area contributed by atoms with Gasteiger partial charge >= 0.3 is 5.69 Å². The number of halogens is 1. The number of hydrogen-bond acceptors (Lipinski definition) is 4. The molecule has 0 unspecified atom stereocenters. The van der Waals surface area contributed by atoms with Crippen LogP contribution < -0.4 is 5.32 Å². The highest BCUT2D eigenvalue weighted by atomic mass is 19.1. The predicted molar refractivity (Wildman–Crippen MR) is 78.1 cm³/mol. The maximum absolute atomic E-state index is 13.6. The third-order valence-electron chi connectivity index (χ3n) is 3.12. The molecule has 3 aromatic rings. The van der Waals surface area contributed by atoms with Crippen LogP contribution in [0.5, 0.6) is 0 Å². The van der Waals surface area contributed by atoms with E-state index in [1.165, 1.54) is 12.1 Å². The second-order valence-electron chi connectivity index (χ2n) is 4.42. The van der Waals surface area contributed by atoms with Gasteiger partial charge in [-0.2, -0.15) is 4.39 Å². The highest BCUT2D eigenvalue weighted by molar-refractivity contribution is 5.95. The Morgan fingerprint density at radius 1 is 1.10 bits per heavy atom. The summed E-state index contributed by atoms with van der Waals surface area (Å²) >= 11 is 0. The minimum atomic E-state index is -0.869. The molecule has 0 saturated heterocycles. The van der Waals surface area contributed by atoms with Gasteiger partial charge in [0.15, 0.2) is 0 Å². The van der Waals surface area contributed by atoms with Crippen molar-refractivity contribution in [1.29, 1.82) is 0 Å². The lowest BCUT2D eigenvalue weighted by molar-refractivity contribution is -0.386. The maximum Gasteiger partial charge on any atom is 0.327 e. The van der Waals surface area contributed by atoms with Gasteiger partial charge in [0.2, 0.25) is 5.82 Å². The Morgan fingerprint density at radius 2 is 1.86 bits per heavy atom. The Balaban J connectivity index is 2.12. The summed E-state index contributed by atoms with van der Waals surface area (Å²) in [5.74, 6) is -0.869. The number of nitro groups is 1. The molecule has 0 aliphatic heterocycles. The van der Waals surface area contributed by atoms with Crippen molar-refractivity contribution in [2.75, 3.05) is 5.32 Å². The van der Waals surface area contributed by atoms with Crippen molar-refractivity contribution in [3.63, 3.8) is 0 Å². The van der Waals surface area contributed by atoms with Crippen molar-refractivity contribution in [2.45, 2.75) is 0 Å². The Labute approximate surface area is 119 Å². The van der Waals surface area contributed by atoms with Gasteiger partial charge in [-0.3, -0.25) is 15.1 Å². The molecule has 0 aliphatic carbocycles. The molecule has 0 spiro atoms. The van der Waals surface area contributed by atoms with Crippen LogP contribution in [-0.2, 0) is 0 Å². The van der Waals surface area contributed by atoms with Crippen LogP contribution in [0.3, 0.4) is 0 Å². The Hall–Kier alpha value is -3.02. The lowest BCUT2D eigenvalue weighted by Gasteiger charge is -2.10. The Kier molecular flexibility index (Phi) is 3.19. The number of para-hydroxylation sites is 1. The first-order valence-electron chi connectivity index (χ1n) is 6.19. The van der Waals surface area contributed by atoms with Gasteiger partial charge in [-0.25, -0.2) is 0 Å². The van der Waals surface area contributed by atoms with E-state index in [-0.39, 0.29) is 5.69 Å².